The van der Waals surface area contributed by atoms with Gasteiger partial charge in [-0.05, 0) is 71.3 Å². The Morgan fingerprint density at radius 2 is 2.00 bits per heavy atom. The predicted molar refractivity (Wildman–Crippen MR) is 92.8 cm³/mol. The van der Waals surface area contributed by atoms with Crippen molar-refractivity contribution in [1.82, 2.24) is 5.32 Å². The topological polar surface area (TPSA) is 35.8 Å². The monoisotopic (exact) mass is 304 g/mol. The summed E-state index contributed by atoms with van der Waals surface area (Å²) in [6.07, 6.45) is 3.14. The first kappa shape index (κ1) is 18.1. The van der Waals surface area contributed by atoms with Crippen molar-refractivity contribution in [2.75, 3.05) is 5.75 Å². The van der Waals surface area contributed by atoms with Crippen molar-refractivity contribution in [1.29, 1.82) is 5.26 Å². The summed E-state index contributed by atoms with van der Waals surface area (Å²) >= 11 is 1.93. The van der Waals surface area contributed by atoms with Crippen molar-refractivity contribution in [3.8, 4) is 6.07 Å². The van der Waals surface area contributed by atoms with Crippen LogP contribution >= 0.6 is 11.8 Å². The number of nitrogens with one attached hydrogen (secondary N) is 1. The van der Waals surface area contributed by atoms with E-state index in [1.165, 1.54) is 16.0 Å². The van der Waals surface area contributed by atoms with Crippen LogP contribution in [0.1, 0.15) is 51.2 Å². The maximum absolute atomic E-state index is 9.32. The van der Waals surface area contributed by atoms with Crippen molar-refractivity contribution in [3.05, 3.63) is 29.3 Å². The third-order valence-electron chi connectivity index (χ3n) is 3.53. The molecule has 0 amide bonds. The number of aryl methyl sites for hydroxylation is 2. The molecule has 0 radical (unpaired) electrons. The van der Waals surface area contributed by atoms with E-state index < -0.39 is 5.54 Å². The van der Waals surface area contributed by atoms with Gasteiger partial charge in [0.05, 0.1) is 6.07 Å². The van der Waals surface area contributed by atoms with Crippen molar-refractivity contribution in [2.45, 2.75) is 70.4 Å². The molecule has 0 aliphatic carbocycles. The van der Waals surface area contributed by atoms with Gasteiger partial charge in [0.15, 0.2) is 0 Å². The Bertz CT molecular complexity index is 490. The Labute approximate surface area is 134 Å². The third-order valence-corrected chi connectivity index (χ3v) is 4.77. The zero-order chi connectivity index (χ0) is 15.9. The smallest absolute Gasteiger partial charge is 0.104 e. The Morgan fingerprint density at radius 1 is 1.29 bits per heavy atom. The summed E-state index contributed by atoms with van der Waals surface area (Å²) < 4.78 is 0. The second-order valence-corrected chi connectivity index (χ2v) is 7.45. The van der Waals surface area contributed by atoms with E-state index in [1.807, 2.05) is 18.7 Å². The average Bonchev–Trinajstić information content (AvgIpc) is 2.41. The number of thioether (sulfide) groups is 1. The fraction of sp³-hybridized carbons (Fsp3) is 0.611. The first-order valence-corrected chi connectivity index (χ1v) is 8.74. The molecule has 21 heavy (non-hydrogen) atoms. The van der Waals surface area contributed by atoms with E-state index >= 15 is 0 Å². The molecule has 0 aliphatic heterocycles. The van der Waals surface area contributed by atoms with E-state index in [-0.39, 0.29) is 0 Å². The molecule has 1 atom stereocenters. The molecule has 2 nitrogen and oxygen atoms in total. The van der Waals surface area contributed by atoms with Crippen molar-refractivity contribution in [3.63, 3.8) is 0 Å². The lowest BCUT2D eigenvalue weighted by molar-refractivity contribution is 0.372. The lowest BCUT2D eigenvalue weighted by atomic mass is 9.96. The highest BCUT2D eigenvalue weighted by Gasteiger charge is 2.23. The van der Waals surface area contributed by atoms with Crippen LogP contribution in [-0.4, -0.2) is 17.3 Å². The quantitative estimate of drug-likeness (QED) is 0.551. The van der Waals surface area contributed by atoms with Crippen molar-refractivity contribution < 1.29 is 0 Å². The van der Waals surface area contributed by atoms with E-state index in [1.54, 1.807) is 0 Å². The fourth-order valence-electron chi connectivity index (χ4n) is 2.42. The van der Waals surface area contributed by atoms with E-state index in [2.05, 4.69) is 57.3 Å². The number of rotatable bonds is 8. The second kappa shape index (κ2) is 8.46. The predicted octanol–water partition coefficient (Wildman–Crippen LogP) is 4.85. The maximum Gasteiger partial charge on any atom is 0.104 e. The molecule has 1 unspecified atom stereocenters. The Kier molecular flexibility index (Phi) is 7.28. The van der Waals surface area contributed by atoms with Crippen LogP contribution in [0.3, 0.4) is 0 Å². The zero-order valence-electron chi connectivity index (χ0n) is 14.0. The largest absolute Gasteiger partial charge is 0.297 e. The molecular weight excluding hydrogens is 276 g/mol. The van der Waals surface area contributed by atoms with Gasteiger partial charge >= 0.3 is 0 Å². The Balaban J connectivity index is 2.34. The van der Waals surface area contributed by atoms with Crippen molar-refractivity contribution in [2.24, 2.45) is 0 Å². The molecule has 0 fully saturated rings. The van der Waals surface area contributed by atoms with Gasteiger partial charge in [0.2, 0.25) is 0 Å². The molecule has 0 aromatic heterocycles. The van der Waals surface area contributed by atoms with Gasteiger partial charge in [-0.15, -0.1) is 11.8 Å². The van der Waals surface area contributed by atoms with Crippen LogP contribution in [0.5, 0.6) is 0 Å². The van der Waals surface area contributed by atoms with E-state index in [9.17, 15) is 5.26 Å². The lowest BCUT2D eigenvalue weighted by Gasteiger charge is -2.25. The van der Waals surface area contributed by atoms with Crippen LogP contribution in [0.25, 0.3) is 0 Å². The Morgan fingerprint density at radius 3 is 2.62 bits per heavy atom. The molecule has 1 N–H and O–H groups in total. The molecule has 0 heterocycles. The van der Waals surface area contributed by atoms with Gasteiger partial charge in [0.25, 0.3) is 0 Å². The number of hydrogen-bond acceptors (Lipinski definition) is 3. The number of nitriles is 1. The number of unbranched alkanes of at least 4 members (excludes halogenated alkanes) is 1. The number of hydrogen-bond donors (Lipinski definition) is 1. The van der Waals surface area contributed by atoms with Crippen LogP contribution in [0.4, 0.5) is 0 Å². The van der Waals surface area contributed by atoms with Crippen molar-refractivity contribution >= 4 is 11.8 Å². The van der Waals surface area contributed by atoms with E-state index in [4.69, 9.17) is 0 Å². The highest BCUT2D eigenvalue weighted by Crippen LogP contribution is 2.25. The highest BCUT2D eigenvalue weighted by atomic mass is 32.2. The molecule has 0 saturated carbocycles. The SMILES string of the molecule is Cc1ccc(C)c(SCCCCC(C)(C#N)NC(C)C)c1. The average molecular weight is 305 g/mol. The standard InChI is InChI=1S/C18H28N2S/c1-14(2)20-18(5,13-19)10-6-7-11-21-17-12-15(3)8-9-16(17)4/h8-9,12,14,20H,6-7,10-11H2,1-5H3. The first-order valence-electron chi connectivity index (χ1n) is 7.75. The van der Waals surface area contributed by atoms with Crippen LogP contribution in [0.15, 0.2) is 23.1 Å². The number of nitrogens with zero attached hydrogens (tertiary/aromatic N) is 1. The molecule has 1 aromatic rings. The maximum atomic E-state index is 9.32. The van der Waals surface area contributed by atoms with Gasteiger partial charge in [-0.1, -0.05) is 17.7 Å². The van der Waals surface area contributed by atoms with Gasteiger partial charge in [0.1, 0.15) is 5.54 Å². The van der Waals surface area contributed by atoms with Gasteiger partial charge in [-0.3, -0.25) is 5.32 Å². The number of benzene rings is 1. The highest BCUT2D eigenvalue weighted by molar-refractivity contribution is 7.99. The minimum Gasteiger partial charge on any atom is -0.297 e. The van der Waals surface area contributed by atoms with Gasteiger partial charge in [0, 0.05) is 10.9 Å². The molecule has 0 bridgehead atoms. The van der Waals surface area contributed by atoms with E-state index in [0.717, 1.165) is 25.0 Å². The van der Waals surface area contributed by atoms with Crippen LogP contribution in [-0.2, 0) is 0 Å². The summed E-state index contributed by atoms with van der Waals surface area (Å²) in [4.78, 5) is 1.39. The molecule has 0 spiro atoms. The first-order chi connectivity index (χ1) is 9.86. The summed E-state index contributed by atoms with van der Waals surface area (Å²) in [7, 11) is 0. The summed E-state index contributed by atoms with van der Waals surface area (Å²) in [5, 5.41) is 12.7. The van der Waals surface area contributed by atoms with Crippen LogP contribution in [0.2, 0.25) is 0 Å². The molecule has 1 rings (SSSR count). The molecule has 0 saturated heterocycles. The Hall–Kier alpha value is -0.980. The molecule has 116 valence electrons. The summed E-state index contributed by atoms with van der Waals surface area (Å²) in [6, 6.07) is 9.38. The minimum absolute atomic E-state index is 0.346. The van der Waals surface area contributed by atoms with E-state index in [0.29, 0.717) is 6.04 Å². The summed E-state index contributed by atoms with van der Waals surface area (Å²) in [5.74, 6) is 1.12. The minimum atomic E-state index is -0.391. The fourth-order valence-corrected chi connectivity index (χ4v) is 3.56. The normalized spacial score (nSPS) is 14.0. The van der Waals surface area contributed by atoms with Gasteiger partial charge < -0.3 is 0 Å². The molecule has 1 aromatic carbocycles. The van der Waals surface area contributed by atoms with Crippen LogP contribution in [0, 0.1) is 25.2 Å². The molecule has 3 heteroatoms. The summed E-state index contributed by atoms with van der Waals surface area (Å²) in [5.41, 5.74) is 2.29. The summed E-state index contributed by atoms with van der Waals surface area (Å²) in [6.45, 7) is 10.5. The second-order valence-electron chi connectivity index (χ2n) is 6.32. The molecular formula is C18H28N2S. The molecule has 0 aliphatic rings. The lowest BCUT2D eigenvalue weighted by Crippen LogP contribution is -2.44. The zero-order valence-corrected chi connectivity index (χ0v) is 14.8. The van der Waals surface area contributed by atoms with Crippen LogP contribution < -0.4 is 5.32 Å². The van der Waals surface area contributed by atoms with Gasteiger partial charge in [-0.2, -0.15) is 5.26 Å². The third kappa shape index (κ3) is 6.54. The van der Waals surface area contributed by atoms with Gasteiger partial charge in [-0.25, -0.2) is 0 Å².